The molecule has 8 heteroatoms. The second kappa shape index (κ2) is 11.3. The molecule has 0 spiro atoms. The van der Waals surface area contributed by atoms with Crippen LogP contribution in [0.15, 0.2) is 23.2 Å². The zero-order valence-corrected chi connectivity index (χ0v) is 18.1. The van der Waals surface area contributed by atoms with Crippen molar-refractivity contribution < 1.29 is 14.3 Å². The van der Waals surface area contributed by atoms with Crippen molar-refractivity contribution in [2.45, 2.75) is 39.1 Å². The Labute approximate surface area is 175 Å². The Morgan fingerprint density at radius 3 is 2.59 bits per heavy atom. The zero-order chi connectivity index (χ0) is 21.2. The molecule has 0 aliphatic rings. The number of rotatable bonds is 10. The van der Waals surface area contributed by atoms with E-state index in [1.165, 1.54) is 11.8 Å². The Kier molecular flexibility index (Phi) is 8.74. The molecule has 0 saturated carbocycles. The average Bonchev–Trinajstić information content (AvgIpc) is 2.68. The molecule has 154 valence electrons. The average molecular weight is 415 g/mol. The number of aromatic nitrogens is 2. The lowest BCUT2D eigenvalue weighted by Crippen LogP contribution is -2.27. The van der Waals surface area contributed by atoms with Crippen molar-refractivity contribution in [2.24, 2.45) is 0 Å². The number of hydrogen-bond donors (Lipinski definition) is 1. The molecule has 2 aromatic rings. The Bertz CT molecular complexity index is 896. The van der Waals surface area contributed by atoms with Gasteiger partial charge in [-0.05, 0) is 51.8 Å². The highest BCUT2D eigenvalue weighted by molar-refractivity contribution is 8.00. The molecule has 0 atom stereocenters. The second-order valence-corrected chi connectivity index (χ2v) is 7.15. The number of nitriles is 1. The molecule has 1 heterocycles. The number of aryl methyl sites for hydroxylation is 2. The third-order valence-electron chi connectivity index (χ3n) is 3.96. The lowest BCUT2D eigenvalue weighted by molar-refractivity contribution is -0.118. The smallest absolute Gasteiger partial charge is 0.230 e. The summed E-state index contributed by atoms with van der Waals surface area (Å²) in [4.78, 5) is 20.6. The highest BCUT2D eigenvalue weighted by Crippen LogP contribution is 2.28. The van der Waals surface area contributed by atoms with Gasteiger partial charge in [-0.25, -0.2) is 9.97 Å². The fourth-order valence-electron chi connectivity index (χ4n) is 2.70. The fraction of sp³-hybridized carbons (Fsp3) is 0.429. The third-order valence-corrected chi connectivity index (χ3v) is 4.94. The van der Waals surface area contributed by atoms with Crippen LogP contribution in [0.1, 0.15) is 36.5 Å². The maximum atomic E-state index is 12.2. The number of thioether (sulfide) groups is 1. The number of benzene rings is 1. The molecular weight excluding hydrogens is 388 g/mol. The molecule has 1 aromatic heterocycles. The molecule has 0 bridgehead atoms. The maximum Gasteiger partial charge on any atom is 0.230 e. The van der Waals surface area contributed by atoms with E-state index in [9.17, 15) is 10.1 Å². The molecule has 0 unspecified atom stereocenters. The number of nitrogens with zero attached hydrogens (tertiary/aromatic N) is 3. The number of carbonyl (C=O) groups excluding carboxylic acids is 1. The summed E-state index contributed by atoms with van der Waals surface area (Å²) in [6, 6.07) is 7.92. The van der Waals surface area contributed by atoms with E-state index in [1.54, 1.807) is 13.8 Å². The van der Waals surface area contributed by atoms with Crippen molar-refractivity contribution in [1.29, 1.82) is 5.26 Å². The van der Waals surface area contributed by atoms with Crippen molar-refractivity contribution in [3.8, 4) is 17.6 Å². The van der Waals surface area contributed by atoms with Crippen molar-refractivity contribution in [1.82, 2.24) is 15.3 Å². The monoisotopic (exact) mass is 414 g/mol. The van der Waals surface area contributed by atoms with Crippen LogP contribution in [0, 0.1) is 25.2 Å². The molecule has 29 heavy (non-hydrogen) atoms. The maximum absolute atomic E-state index is 12.2. The summed E-state index contributed by atoms with van der Waals surface area (Å²) < 4.78 is 11.2. The molecule has 2 rings (SSSR count). The Morgan fingerprint density at radius 1 is 1.17 bits per heavy atom. The van der Waals surface area contributed by atoms with E-state index in [4.69, 9.17) is 9.47 Å². The van der Waals surface area contributed by atoms with Gasteiger partial charge in [0.2, 0.25) is 5.91 Å². The van der Waals surface area contributed by atoms with E-state index in [2.05, 4.69) is 21.4 Å². The van der Waals surface area contributed by atoms with Gasteiger partial charge >= 0.3 is 0 Å². The van der Waals surface area contributed by atoms with E-state index >= 15 is 0 Å². The first-order valence-corrected chi connectivity index (χ1v) is 10.5. The molecular formula is C21H26N4O3S. The molecule has 0 radical (unpaired) electrons. The predicted molar refractivity (Wildman–Crippen MR) is 112 cm³/mol. The quantitative estimate of drug-likeness (QED) is 0.471. The summed E-state index contributed by atoms with van der Waals surface area (Å²) in [6.07, 6.45) is 0.679. The minimum Gasteiger partial charge on any atom is -0.490 e. The van der Waals surface area contributed by atoms with Gasteiger partial charge in [-0.1, -0.05) is 17.8 Å². The Morgan fingerprint density at radius 2 is 1.90 bits per heavy atom. The predicted octanol–water partition coefficient (Wildman–Crippen LogP) is 3.21. The summed E-state index contributed by atoms with van der Waals surface area (Å²) in [5.74, 6) is 2.11. The van der Waals surface area contributed by atoms with Gasteiger partial charge in [0, 0.05) is 6.54 Å². The second-order valence-electron chi connectivity index (χ2n) is 6.18. The van der Waals surface area contributed by atoms with E-state index in [0.29, 0.717) is 54.0 Å². The summed E-state index contributed by atoms with van der Waals surface area (Å²) in [5.41, 5.74) is 2.11. The van der Waals surface area contributed by atoms with Crippen LogP contribution in [0.3, 0.4) is 0 Å². The van der Waals surface area contributed by atoms with Crippen LogP contribution in [0.4, 0.5) is 0 Å². The van der Waals surface area contributed by atoms with E-state index in [-0.39, 0.29) is 11.7 Å². The molecule has 0 fully saturated rings. The number of amides is 1. The summed E-state index contributed by atoms with van der Waals surface area (Å²) in [7, 11) is 0. The first-order chi connectivity index (χ1) is 14.0. The third kappa shape index (κ3) is 6.64. The van der Waals surface area contributed by atoms with Crippen LogP contribution >= 0.6 is 11.8 Å². The minimum atomic E-state index is -0.108. The molecule has 0 aliphatic heterocycles. The largest absolute Gasteiger partial charge is 0.490 e. The fourth-order valence-corrected chi connectivity index (χ4v) is 3.60. The molecule has 7 nitrogen and oxygen atoms in total. The molecule has 1 amide bonds. The van der Waals surface area contributed by atoms with Crippen LogP contribution < -0.4 is 14.8 Å². The van der Waals surface area contributed by atoms with Crippen molar-refractivity contribution in [2.75, 3.05) is 25.5 Å². The lowest BCUT2D eigenvalue weighted by Gasteiger charge is -2.12. The molecule has 1 N–H and O–H groups in total. The van der Waals surface area contributed by atoms with E-state index in [1.807, 2.05) is 32.0 Å². The van der Waals surface area contributed by atoms with Crippen molar-refractivity contribution in [3.05, 3.63) is 40.8 Å². The zero-order valence-electron chi connectivity index (χ0n) is 17.2. The first kappa shape index (κ1) is 22.5. The highest BCUT2D eigenvalue weighted by Gasteiger charge is 2.12. The standard InChI is InChI=1S/C21H26N4O3S/c1-5-27-18-8-7-16(11-19(18)28-6-2)9-10-23-20(26)13-29-21-17(12-22)14(3)24-15(4)25-21/h7-8,11H,5-6,9-10,13H2,1-4H3,(H,23,26). The van der Waals surface area contributed by atoms with Gasteiger partial charge in [0.1, 0.15) is 22.5 Å². The Hall–Kier alpha value is -2.79. The first-order valence-electron chi connectivity index (χ1n) is 9.51. The lowest BCUT2D eigenvalue weighted by atomic mass is 10.1. The van der Waals surface area contributed by atoms with Crippen LogP contribution in [0.5, 0.6) is 11.5 Å². The Balaban J connectivity index is 1.88. The number of carbonyl (C=O) groups is 1. The van der Waals surface area contributed by atoms with E-state index < -0.39 is 0 Å². The molecule has 0 saturated heterocycles. The number of ether oxygens (including phenoxy) is 2. The summed E-state index contributed by atoms with van der Waals surface area (Å²) >= 11 is 1.25. The minimum absolute atomic E-state index is 0.108. The van der Waals surface area contributed by atoms with Crippen LogP contribution in [0.2, 0.25) is 0 Å². The van der Waals surface area contributed by atoms with Crippen LogP contribution in [-0.4, -0.2) is 41.4 Å². The van der Waals surface area contributed by atoms with Crippen LogP contribution in [0.25, 0.3) is 0 Å². The van der Waals surface area contributed by atoms with Gasteiger partial charge < -0.3 is 14.8 Å². The molecule has 1 aromatic carbocycles. The van der Waals surface area contributed by atoms with Gasteiger partial charge in [0.25, 0.3) is 0 Å². The SMILES string of the molecule is CCOc1ccc(CCNC(=O)CSc2nc(C)nc(C)c2C#N)cc1OCC. The van der Waals surface area contributed by atoms with Crippen molar-refractivity contribution in [3.63, 3.8) is 0 Å². The van der Waals surface area contributed by atoms with E-state index in [0.717, 1.165) is 11.3 Å². The van der Waals surface area contributed by atoms with Gasteiger partial charge in [0.05, 0.1) is 24.7 Å². The van der Waals surface area contributed by atoms with Gasteiger partial charge in [-0.2, -0.15) is 5.26 Å². The number of hydrogen-bond acceptors (Lipinski definition) is 7. The van der Waals surface area contributed by atoms with Gasteiger partial charge in [-0.3, -0.25) is 4.79 Å². The summed E-state index contributed by atoms with van der Waals surface area (Å²) in [6.45, 7) is 9.04. The highest BCUT2D eigenvalue weighted by atomic mass is 32.2. The van der Waals surface area contributed by atoms with Crippen LogP contribution in [-0.2, 0) is 11.2 Å². The normalized spacial score (nSPS) is 10.3. The molecule has 0 aliphatic carbocycles. The topological polar surface area (TPSA) is 97.1 Å². The van der Waals surface area contributed by atoms with Crippen molar-refractivity contribution >= 4 is 17.7 Å². The van der Waals surface area contributed by atoms with Gasteiger partial charge in [0.15, 0.2) is 11.5 Å². The number of nitrogens with one attached hydrogen (secondary N) is 1. The summed E-state index contributed by atoms with van der Waals surface area (Å²) in [5, 5.41) is 12.7. The van der Waals surface area contributed by atoms with Gasteiger partial charge in [-0.15, -0.1) is 0 Å².